The van der Waals surface area contributed by atoms with Crippen LogP contribution in [0.4, 0.5) is 5.95 Å². The number of likely N-dealkylation sites (tertiary alicyclic amines) is 1. The summed E-state index contributed by atoms with van der Waals surface area (Å²) in [5.74, 6) is 0.504. The van der Waals surface area contributed by atoms with E-state index in [9.17, 15) is 9.59 Å². The SMILES string of the molecule is CN(C)c1ncc(C(=O)NCCN2CCCC2=O)cn1. The van der Waals surface area contributed by atoms with E-state index >= 15 is 0 Å². The minimum absolute atomic E-state index is 0.165. The molecule has 1 aliphatic heterocycles. The predicted octanol–water partition coefficient (Wildman–Crippen LogP) is -0.105. The number of amides is 2. The molecule has 0 unspecified atom stereocenters. The molecule has 0 spiro atoms. The molecule has 1 aromatic rings. The van der Waals surface area contributed by atoms with Gasteiger partial charge in [0.25, 0.3) is 5.91 Å². The van der Waals surface area contributed by atoms with E-state index in [1.165, 1.54) is 12.4 Å². The first-order valence-corrected chi connectivity index (χ1v) is 6.63. The van der Waals surface area contributed by atoms with Crippen molar-refractivity contribution in [2.24, 2.45) is 0 Å². The normalized spacial score (nSPS) is 14.5. The maximum atomic E-state index is 11.9. The topological polar surface area (TPSA) is 78.4 Å². The van der Waals surface area contributed by atoms with Crippen molar-refractivity contribution in [1.82, 2.24) is 20.2 Å². The van der Waals surface area contributed by atoms with Gasteiger partial charge in [-0.05, 0) is 6.42 Å². The van der Waals surface area contributed by atoms with Crippen LogP contribution in [0.25, 0.3) is 0 Å². The Morgan fingerprint density at radius 2 is 2.10 bits per heavy atom. The fourth-order valence-electron chi connectivity index (χ4n) is 2.02. The average Bonchev–Trinajstić information content (AvgIpc) is 2.84. The number of nitrogens with zero attached hydrogens (tertiary/aromatic N) is 4. The zero-order valence-corrected chi connectivity index (χ0v) is 11.8. The van der Waals surface area contributed by atoms with Crippen molar-refractivity contribution in [2.75, 3.05) is 38.6 Å². The Balaban J connectivity index is 1.81. The van der Waals surface area contributed by atoms with Gasteiger partial charge in [-0.1, -0.05) is 0 Å². The summed E-state index contributed by atoms with van der Waals surface area (Å²) < 4.78 is 0. The number of hydrogen-bond donors (Lipinski definition) is 1. The molecule has 0 bridgehead atoms. The van der Waals surface area contributed by atoms with Crippen LogP contribution < -0.4 is 10.2 Å². The zero-order chi connectivity index (χ0) is 14.5. The number of anilines is 1. The Bertz CT molecular complexity index is 486. The lowest BCUT2D eigenvalue weighted by Crippen LogP contribution is -2.35. The first-order chi connectivity index (χ1) is 9.58. The van der Waals surface area contributed by atoms with Crippen molar-refractivity contribution in [3.05, 3.63) is 18.0 Å². The number of carbonyl (C=O) groups excluding carboxylic acids is 2. The van der Waals surface area contributed by atoms with E-state index in [2.05, 4.69) is 15.3 Å². The maximum absolute atomic E-state index is 11.9. The largest absolute Gasteiger partial charge is 0.350 e. The first-order valence-electron chi connectivity index (χ1n) is 6.63. The summed E-state index contributed by atoms with van der Waals surface area (Å²) >= 11 is 0. The number of aromatic nitrogens is 2. The lowest BCUT2D eigenvalue weighted by Gasteiger charge is -2.15. The van der Waals surface area contributed by atoms with Crippen LogP contribution in [-0.2, 0) is 4.79 Å². The standard InChI is InChI=1S/C13H19N5O2/c1-17(2)13-15-8-10(9-16-13)12(20)14-5-7-18-6-3-4-11(18)19/h8-9H,3-7H2,1-2H3,(H,14,20). The smallest absolute Gasteiger partial charge is 0.254 e. The Labute approximate surface area is 118 Å². The molecule has 1 fully saturated rings. The van der Waals surface area contributed by atoms with E-state index in [0.29, 0.717) is 31.0 Å². The highest BCUT2D eigenvalue weighted by molar-refractivity contribution is 5.93. The molecular weight excluding hydrogens is 258 g/mol. The van der Waals surface area contributed by atoms with E-state index in [1.54, 1.807) is 9.80 Å². The molecule has 1 aliphatic rings. The van der Waals surface area contributed by atoms with Crippen LogP contribution in [0.2, 0.25) is 0 Å². The van der Waals surface area contributed by atoms with Gasteiger partial charge in [0.05, 0.1) is 5.56 Å². The molecule has 1 aromatic heterocycles. The molecule has 1 saturated heterocycles. The van der Waals surface area contributed by atoms with Crippen molar-refractivity contribution in [3.63, 3.8) is 0 Å². The van der Waals surface area contributed by atoms with Crippen LogP contribution in [0.15, 0.2) is 12.4 Å². The van der Waals surface area contributed by atoms with Gasteiger partial charge in [-0.25, -0.2) is 9.97 Å². The van der Waals surface area contributed by atoms with Gasteiger partial charge in [-0.15, -0.1) is 0 Å². The average molecular weight is 277 g/mol. The maximum Gasteiger partial charge on any atom is 0.254 e. The number of nitrogens with one attached hydrogen (secondary N) is 1. The fraction of sp³-hybridized carbons (Fsp3) is 0.538. The number of carbonyl (C=O) groups is 2. The summed E-state index contributed by atoms with van der Waals surface area (Å²) in [4.78, 5) is 35.0. The molecule has 2 rings (SSSR count). The molecule has 7 heteroatoms. The molecular formula is C13H19N5O2. The van der Waals surface area contributed by atoms with E-state index in [0.717, 1.165) is 13.0 Å². The molecule has 108 valence electrons. The van der Waals surface area contributed by atoms with Gasteiger partial charge in [-0.2, -0.15) is 0 Å². The molecule has 7 nitrogen and oxygen atoms in total. The minimum Gasteiger partial charge on any atom is -0.350 e. The second-order valence-electron chi connectivity index (χ2n) is 4.91. The third-order valence-electron chi connectivity index (χ3n) is 3.14. The zero-order valence-electron chi connectivity index (χ0n) is 11.8. The molecule has 2 heterocycles. The quantitative estimate of drug-likeness (QED) is 0.813. The summed E-state index contributed by atoms with van der Waals surface area (Å²) in [6.07, 6.45) is 4.53. The second-order valence-corrected chi connectivity index (χ2v) is 4.91. The van der Waals surface area contributed by atoms with E-state index in [1.807, 2.05) is 14.1 Å². The highest BCUT2D eigenvalue weighted by atomic mass is 16.2. The van der Waals surface area contributed by atoms with Crippen LogP contribution in [0.5, 0.6) is 0 Å². The lowest BCUT2D eigenvalue weighted by molar-refractivity contribution is -0.127. The molecule has 20 heavy (non-hydrogen) atoms. The van der Waals surface area contributed by atoms with Crippen molar-refractivity contribution in [1.29, 1.82) is 0 Å². The first kappa shape index (κ1) is 14.2. The minimum atomic E-state index is -0.220. The van der Waals surface area contributed by atoms with Crippen LogP contribution >= 0.6 is 0 Å². The summed E-state index contributed by atoms with van der Waals surface area (Å²) in [6.45, 7) is 1.79. The van der Waals surface area contributed by atoms with Crippen molar-refractivity contribution < 1.29 is 9.59 Å². The number of hydrogen-bond acceptors (Lipinski definition) is 5. The van der Waals surface area contributed by atoms with Crippen LogP contribution in [0.1, 0.15) is 23.2 Å². The van der Waals surface area contributed by atoms with Gasteiger partial charge in [-0.3, -0.25) is 9.59 Å². The van der Waals surface area contributed by atoms with Gasteiger partial charge in [0, 0.05) is 52.5 Å². The summed E-state index contributed by atoms with van der Waals surface area (Å²) in [7, 11) is 3.67. The van der Waals surface area contributed by atoms with Crippen LogP contribution in [-0.4, -0.2) is 60.4 Å². The molecule has 0 aromatic carbocycles. The third-order valence-corrected chi connectivity index (χ3v) is 3.14. The molecule has 0 atom stereocenters. The highest BCUT2D eigenvalue weighted by Crippen LogP contribution is 2.08. The molecule has 2 amide bonds. The van der Waals surface area contributed by atoms with Gasteiger partial charge < -0.3 is 15.1 Å². The van der Waals surface area contributed by atoms with E-state index in [4.69, 9.17) is 0 Å². The Hall–Kier alpha value is -2.18. The summed E-state index contributed by atoms with van der Waals surface area (Å²) in [6, 6.07) is 0. The lowest BCUT2D eigenvalue weighted by atomic mass is 10.3. The second kappa shape index (κ2) is 6.31. The van der Waals surface area contributed by atoms with E-state index < -0.39 is 0 Å². The molecule has 0 saturated carbocycles. The van der Waals surface area contributed by atoms with Crippen LogP contribution in [0, 0.1) is 0 Å². The third kappa shape index (κ3) is 3.43. The van der Waals surface area contributed by atoms with Gasteiger partial charge in [0.15, 0.2) is 0 Å². The molecule has 0 aliphatic carbocycles. The summed E-state index contributed by atoms with van der Waals surface area (Å²) in [5, 5.41) is 2.77. The predicted molar refractivity (Wildman–Crippen MR) is 74.5 cm³/mol. The van der Waals surface area contributed by atoms with Crippen molar-refractivity contribution >= 4 is 17.8 Å². The Kier molecular flexibility index (Phi) is 4.49. The van der Waals surface area contributed by atoms with Gasteiger partial charge >= 0.3 is 0 Å². The fourth-order valence-corrected chi connectivity index (χ4v) is 2.02. The van der Waals surface area contributed by atoms with Gasteiger partial charge in [0.1, 0.15) is 0 Å². The molecule has 1 N–H and O–H groups in total. The highest BCUT2D eigenvalue weighted by Gasteiger charge is 2.19. The van der Waals surface area contributed by atoms with Crippen LogP contribution in [0.3, 0.4) is 0 Å². The molecule has 0 radical (unpaired) electrons. The number of rotatable bonds is 5. The van der Waals surface area contributed by atoms with Gasteiger partial charge in [0.2, 0.25) is 11.9 Å². The van der Waals surface area contributed by atoms with Crippen molar-refractivity contribution in [2.45, 2.75) is 12.8 Å². The summed E-state index contributed by atoms with van der Waals surface area (Å²) in [5.41, 5.74) is 0.420. The Morgan fingerprint density at radius 3 is 2.65 bits per heavy atom. The monoisotopic (exact) mass is 277 g/mol. The van der Waals surface area contributed by atoms with Crippen molar-refractivity contribution in [3.8, 4) is 0 Å². The van der Waals surface area contributed by atoms with E-state index in [-0.39, 0.29) is 11.8 Å². The Morgan fingerprint density at radius 1 is 1.40 bits per heavy atom.